The summed E-state index contributed by atoms with van der Waals surface area (Å²) in [6, 6.07) is 2.19. The van der Waals surface area contributed by atoms with Crippen LogP contribution in [0.25, 0.3) is 4.85 Å². The molecule has 13 heteroatoms. The van der Waals surface area contributed by atoms with Crippen LogP contribution in [0.15, 0.2) is 30.9 Å². The number of carbonyl (C=O) groups excluding carboxylic acids is 1. The number of hydrogen-bond acceptors (Lipinski definition) is 7. The van der Waals surface area contributed by atoms with E-state index in [2.05, 4.69) is 21.3 Å². The number of hydrogen-bond donors (Lipinski definition) is 0. The lowest BCUT2D eigenvalue weighted by atomic mass is 9.96. The molecular weight excluding hydrogens is 578 g/mol. The number of amides is 1. The number of aromatic nitrogens is 2. The van der Waals surface area contributed by atoms with Gasteiger partial charge in [-0.15, -0.1) is 0 Å². The van der Waals surface area contributed by atoms with Crippen molar-refractivity contribution in [2.45, 2.75) is 51.0 Å². The van der Waals surface area contributed by atoms with Gasteiger partial charge in [-0.05, 0) is 58.5 Å². The van der Waals surface area contributed by atoms with Crippen molar-refractivity contribution in [3.63, 3.8) is 0 Å². The largest absolute Gasteiger partial charge is 0.463 e. The van der Waals surface area contributed by atoms with Crippen molar-refractivity contribution >= 4 is 17.4 Å². The van der Waals surface area contributed by atoms with Crippen molar-refractivity contribution < 1.29 is 27.1 Å². The summed E-state index contributed by atoms with van der Waals surface area (Å²) < 4.78 is 63.3. The molecule has 0 unspecified atom stereocenters. The molecule has 1 amide bonds. The minimum Gasteiger partial charge on any atom is -0.463 e. The summed E-state index contributed by atoms with van der Waals surface area (Å²) in [4.78, 5) is 32.7. The summed E-state index contributed by atoms with van der Waals surface area (Å²) in [6.45, 7) is 15.1. The number of para-hydroxylation sites is 1. The molecule has 1 saturated heterocycles. The van der Waals surface area contributed by atoms with Gasteiger partial charge in [-0.1, -0.05) is 12.6 Å². The van der Waals surface area contributed by atoms with Crippen molar-refractivity contribution in [2.75, 3.05) is 63.2 Å². The molecular formula is C31H37F4N7O2. The molecule has 0 spiro atoms. The lowest BCUT2D eigenvalue weighted by Crippen LogP contribution is -2.56. The highest BCUT2D eigenvalue weighted by Gasteiger charge is 2.45. The van der Waals surface area contributed by atoms with Crippen LogP contribution in [-0.4, -0.2) is 91.2 Å². The topological polar surface area (TPSA) is 69.4 Å². The summed E-state index contributed by atoms with van der Waals surface area (Å²) in [5, 5.41) is 0. The number of anilines is 2. The Bertz CT molecular complexity index is 1450. The first-order valence-corrected chi connectivity index (χ1v) is 14.7. The minimum absolute atomic E-state index is 0.0182. The highest BCUT2D eigenvalue weighted by molar-refractivity contribution is 5.87. The third kappa shape index (κ3) is 6.45. The first-order valence-electron chi connectivity index (χ1n) is 14.7. The van der Waals surface area contributed by atoms with E-state index in [1.807, 2.05) is 19.0 Å². The molecule has 9 nitrogen and oxygen atoms in total. The maximum absolute atomic E-state index is 15.1. The number of carbonyl (C=O) groups is 1. The number of piperazine rings is 1. The number of benzene rings is 1. The van der Waals surface area contributed by atoms with Gasteiger partial charge < -0.3 is 29.2 Å². The molecule has 236 valence electrons. The molecule has 2 aromatic rings. The Morgan fingerprint density at radius 2 is 2.02 bits per heavy atom. The van der Waals surface area contributed by atoms with Gasteiger partial charge in [0.15, 0.2) is 0 Å². The van der Waals surface area contributed by atoms with E-state index in [0.717, 1.165) is 43.1 Å². The van der Waals surface area contributed by atoms with E-state index in [1.165, 1.54) is 11.0 Å². The van der Waals surface area contributed by atoms with Crippen LogP contribution in [-0.2, 0) is 23.9 Å². The predicted molar refractivity (Wildman–Crippen MR) is 158 cm³/mol. The van der Waals surface area contributed by atoms with E-state index in [1.54, 1.807) is 11.8 Å². The van der Waals surface area contributed by atoms with E-state index >= 15 is 4.39 Å². The molecule has 1 aromatic carbocycles. The Balaban J connectivity index is 1.53. The highest BCUT2D eigenvalue weighted by atomic mass is 19.4. The van der Waals surface area contributed by atoms with E-state index < -0.39 is 35.3 Å². The molecule has 2 atom stereocenters. The van der Waals surface area contributed by atoms with Gasteiger partial charge in [-0.25, -0.2) is 11.0 Å². The number of halogens is 4. The van der Waals surface area contributed by atoms with Crippen molar-refractivity contribution in [1.29, 1.82) is 0 Å². The molecule has 0 bridgehead atoms. The van der Waals surface area contributed by atoms with Crippen LogP contribution in [0.4, 0.5) is 29.1 Å². The lowest BCUT2D eigenvalue weighted by molar-refractivity contribution is -0.137. The van der Waals surface area contributed by atoms with Gasteiger partial charge in [0.1, 0.15) is 17.7 Å². The predicted octanol–water partition coefficient (Wildman–Crippen LogP) is 4.43. The fourth-order valence-electron chi connectivity index (χ4n) is 6.35. The van der Waals surface area contributed by atoms with E-state index in [-0.39, 0.29) is 36.8 Å². The first-order chi connectivity index (χ1) is 20.9. The van der Waals surface area contributed by atoms with Crippen LogP contribution in [0, 0.1) is 17.8 Å². The van der Waals surface area contributed by atoms with Crippen LogP contribution in [0.5, 0.6) is 6.01 Å². The Morgan fingerprint density at radius 3 is 2.66 bits per heavy atom. The van der Waals surface area contributed by atoms with Crippen molar-refractivity contribution in [3.05, 3.63) is 64.9 Å². The van der Waals surface area contributed by atoms with Crippen molar-refractivity contribution in [3.8, 4) is 6.01 Å². The molecule has 1 aliphatic carbocycles. The zero-order valence-corrected chi connectivity index (χ0v) is 25.2. The summed E-state index contributed by atoms with van der Waals surface area (Å²) >= 11 is 0. The van der Waals surface area contributed by atoms with Crippen LogP contribution in [0.2, 0.25) is 0 Å². The van der Waals surface area contributed by atoms with Crippen LogP contribution in [0.1, 0.15) is 36.6 Å². The van der Waals surface area contributed by atoms with Crippen molar-refractivity contribution in [2.24, 2.45) is 5.41 Å². The van der Waals surface area contributed by atoms with E-state index in [9.17, 15) is 18.0 Å². The second kappa shape index (κ2) is 12.2. The maximum atomic E-state index is 15.1. The molecule has 3 heterocycles. The third-order valence-corrected chi connectivity index (χ3v) is 8.64. The second-order valence-electron chi connectivity index (χ2n) is 12.3. The smallest absolute Gasteiger partial charge is 0.418 e. The highest BCUT2D eigenvalue weighted by Crippen LogP contribution is 2.46. The molecule has 0 N–H and O–H groups in total. The Morgan fingerprint density at radius 1 is 1.27 bits per heavy atom. The van der Waals surface area contributed by atoms with Gasteiger partial charge in [0.05, 0.1) is 30.1 Å². The molecule has 5 rings (SSSR count). The Kier molecular flexibility index (Phi) is 8.75. The van der Waals surface area contributed by atoms with Crippen molar-refractivity contribution in [1.82, 2.24) is 19.8 Å². The van der Waals surface area contributed by atoms with Gasteiger partial charge in [-0.3, -0.25) is 4.79 Å². The lowest BCUT2D eigenvalue weighted by Gasteiger charge is -2.42. The second-order valence-corrected chi connectivity index (χ2v) is 12.3. The number of nitrogens with zero attached hydrogens (tertiary/aromatic N) is 7. The molecule has 3 aliphatic rings. The number of fused-ring (bicyclic) bond motifs is 1. The molecule has 0 radical (unpaired) electrons. The normalized spacial score (nSPS) is 21.1. The van der Waals surface area contributed by atoms with Crippen LogP contribution in [0.3, 0.4) is 0 Å². The first kappa shape index (κ1) is 31.5. The average molecular weight is 616 g/mol. The fraction of sp³-hybridized carbons (Fsp3) is 0.548. The molecule has 2 fully saturated rings. The number of rotatable bonds is 9. The Labute approximate surface area is 254 Å². The summed E-state index contributed by atoms with van der Waals surface area (Å²) in [6.07, 6.45) is -1.24. The van der Waals surface area contributed by atoms with E-state index in [4.69, 9.17) is 16.3 Å². The minimum atomic E-state index is -4.74. The molecule has 2 aliphatic heterocycles. The number of ether oxygens (including phenoxy) is 1. The van der Waals surface area contributed by atoms with Crippen LogP contribution < -0.4 is 14.5 Å². The monoisotopic (exact) mass is 615 g/mol. The van der Waals surface area contributed by atoms with Gasteiger partial charge in [0, 0.05) is 43.2 Å². The summed E-state index contributed by atoms with van der Waals surface area (Å²) in [7, 11) is 4.00. The average Bonchev–Trinajstić information content (AvgIpc) is 3.73. The van der Waals surface area contributed by atoms with Gasteiger partial charge in [0.25, 0.3) is 0 Å². The molecule has 1 saturated carbocycles. The van der Waals surface area contributed by atoms with Gasteiger partial charge >= 0.3 is 12.2 Å². The third-order valence-electron chi connectivity index (χ3n) is 8.64. The van der Waals surface area contributed by atoms with Crippen LogP contribution >= 0.6 is 0 Å². The Hall–Kier alpha value is -3.92. The zero-order valence-electron chi connectivity index (χ0n) is 25.2. The van der Waals surface area contributed by atoms with E-state index in [0.29, 0.717) is 37.8 Å². The maximum Gasteiger partial charge on any atom is 0.418 e. The summed E-state index contributed by atoms with van der Waals surface area (Å²) in [5.41, 5.74) is -0.357. The van der Waals surface area contributed by atoms with Gasteiger partial charge in [0.2, 0.25) is 12.5 Å². The molecule has 1 aromatic heterocycles. The quantitative estimate of drug-likeness (QED) is 0.235. The fourth-order valence-corrected chi connectivity index (χ4v) is 6.35. The standard InChI is InChI=1S/C31H37F4N7O2/c1-6-26(43)41-13-12-40(16-21(41)15-36-3)28-22-14-20(2)42(27-23(31(33,34)35)8-7-9-24(27)32)17-25(22)37-29(38-28)44-19-30(10-11-30)18-39(4)5/h6-9,20-21H,1,10-19H2,2,4-5H3/t20-,21-/m0/s1. The molecule has 44 heavy (non-hydrogen) atoms. The number of alkyl halides is 3. The zero-order chi connectivity index (χ0) is 31.8. The summed E-state index contributed by atoms with van der Waals surface area (Å²) in [5.74, 6) is -0.637. The van der Waals surface area contributed by atoms with Gasteiger partial charge in [-0.2, -0.15) is 23.1 Å². The SMILES string of the molecule is [C-]#[N+]C[C@H]1CN(c2nc(OCC3(CN(C)C)CC3)nc3c2C[C@H](C)N(c2c(F)cccc2C(F)(F)F)C3)CCN1C(=O)C=C.